The highest BCUT2D eigenvalue weighted by Gasteiger charge is 2.22. The Balaban J connectivity index is 1.42. The average Bonchev–Trinajstić information content (AvgIpc) is 3.57. The molecule has 0 saturated heterocycles. The monoisotopic (exact) mass is 598 g/mol. The lowest BCUT2D eigenvalue weighted by molar-refractivity contribution is -0.134. The zero-order chi connectivity index (χ0) is 30.4. The van der Waals surface area contributed by atoms with Crippen LogP contribution in [0.4, 0.5) is 0 Å². The van der Waals surface area contributed by atoms with Crippen LogP contribution in [0.1, 0.15) is 44.2 Å². The molecule has 0 fully saturated rings. The molecule has 3 aromatic carbocycles. The first kappa shape index (κ1) is 31.6. The summed E-state index contributed by atoms with van der Waals surface area (Å²) >= 11 is 1.14. The van der Waals surface area contributed by atoms with E-state index in [1.165, 1.54) is 6.92 Å². The van der Waals surface area contributed by atoms with Crippen molar-refractivity contribution in [3.8, 4) is 22.5 Å². The van der Waals surface area contributed by atoms with Gasteiger partial charge in [0.15, 0.2) is 10.9 Å². The molecule has 1 heterocycles. The van der Waals surface area contributed by atoms with Crippen molar-refractivity contribution < 1.29 is 14.4 Å². The fraction of sp³-hybridized carbons (Fsp3) is 0.333. The van der Waals surface area contributed by atoms with E-state index in [0.29, 0.717) is 31.1 Å². The number of thioether (sulfide) groups is 1. The number of amides is 2. The van der Waals surface area contributed by atoms with Crippen molar-refractivity contribution in [2.24, 2.45) is 5.92 Å². The molecule has 0 spiro atoms. The molecule has 1 atom stereocenters. The first-order valence-electron chi connectivity index (χ1n) is 14.6. The molecule has 0 radical (unpaired) electrons. The fourth-order valence-electron chi connectivity index (χ4n) is 4.83. The van der Waals surface area contributed by atoms with Gasteiger partial charge in [0.2, 0.25) is 11.8 Å². The number of nitrogens with zero attached hydrogens (tertiary/aromatic N) is 4. The minimum Gasteiger partial charge on any atom is -0.347 e. The fourth-order valence-corrected chi connectivity index (χ4v) is 5.54. The van der Waals surface area contributed by atoms with Crippen LogP contribution in [0.15, 0.2) is 78.9 Å². The first-order chi connectivity index (χ1) is 20.9. The third-order valence-corrected chi connectivity index (χ3v) is 8.12. The summed E-state index contributed by atoms with van der Waals surface area (Å²) in [5.74, 6) is 0.201. The molecule has 1 aromatic heterocycles. The molecule has 10 heteroatoms. The Morgan fingerprint density at radius 1 is 0.907 bits per heavy atom. The second kappa shape index (κ2) is 16.4. The molecule has 43 heavy (non-hydrogen) atoms. The normalized spacial score (nSPS) is 11.6. The molecule has 4 rings (SSSR count). The maximum atomic E-state index is 13.4. The quantitative estimate of drug-likeness (QED) is 0.178. The molecule has 0 aliphatic heterocycles. The van der Waals surface area contributed by atoms with Crippen LogP contribution in [0.25, 0.3) is 22.5 Å². The summed E-state index contributed by atoms with van der Waals surface area (Å²) in [6, 6.07) is 25.8. The van der Waals surface area contributed by atoms with E-state index in [9.17, 15) is 14.4 Å². The van der Waals surface area contributed by atoms with Crippen molar-refractivity contribution in [2.45, 2.75) is 46.1 Å². The van der Waals surface area contributed by atoms with Crippen molar-refractivity contribution in [3.05, 3.63) is 90.0 Å². The van der Waals surface area contributed by atoms with Crippen molar-refractivity contribution in [1.82, 2.24) is 30.8 Å². The highest BCUT2D eigenvalue weighted by atomic mass is 32.2. The summed E-state index contributed by atoms with van der Waals surface area (Å²) in [4.78, 5) is 40.0. The predicted octanol–water partition coefficient (Wildman–Crippen LogP) is 5.31. The number of carbonyl (C=O) groups excluding carboxylic acids is 3. The van der Waals surface area contributed by atoms with E-state index in [-0.39, 0.29) is 23.5 Å². The second-order valence-electron chi connectivity index (χ2n) is 10.4. The van der Waals surface area contributed by atoms with Crippen LogP contribution < -0.4 is 5.32 Å². The van der Waals surface area contributed by atoms with Crippen LogP contribution in [-0.2, 0) is 27.3 Å². The molecular formula is C33H38N6O3S. The molecule has 0 aliphatic carbocycles. The first-order valence-corrected chi connectivity index (χ1v) is 15.6. The minimum absolute atomic E-state index is 0.0338. The van der Waals surface area contributed by atoms with E-state index < -0.39 is 5.92 Å². The van der Waals surface area contributed by atoms with Gasteiger partial charge >= 0.3 is 0 Å². The summed E-state index contributed by atoms with van der Waals surface area (Å²) in [6.45, 7) is 4.60. The molecular weight excluding hydrogens is 560 g/mol. The number of hydrogen-bond acceptors (Lipinski definition) is 7. The Bertz CT molecular complexity index is 1460. The van der Waals surface area contributed by atoms with Crippen LogP contribution >= 0.6 is 11.8 Å². The third-order valence-electron chi connectivity index (χ3n) is 7.15. The maximum Gasteiger partial charge on any atom is 0.242 e. The number of tetrazole rings is 1. The van der Waals surface area contributed by atoms with Crippen LogP contribution in [0, 0.1) is 5.92 Å². The van der Waals surface area contributed by atoms with Gasteiger partial charge in [-0.1, -0.05) is 110 Å². The Kier molecular flexibility index (Phi) is 12.0. The van der Waals surface area contributed by atoms with Crippen LogP contribution in [0.5, 0.6) is 0 Å². The lowest BCUT2D eigenvalue weighted by atomic mass is 9.98. The van der Waals surface area contributed by atoms with E-state index in [4.69, 9.17) is 0 Å². The molecule has 224 valence electrons. The summed E-state index contributed by atoms with van der Waals surface area (Å²) in [7, 11) is 0. The highest BCUT2D eigenvalue weighted by Crippen LogP contribution is 2.30. The topological polar surface area (TPSA) is 121 Å². The van der Waals surface area contributed by atoms with Gasteiger partial charge in [0.25, 0.3) is 0 Å². The number of nitrogens with one attached hydrogen (secondary N) is 2. The smallest absolute Gasteiger partial charge is 0.242 e. The van der Waals surface area contributed by atoms with Crippen molar-refractivity contribution in [3.63, 3.8) is 0 Å². The number of benzene rings is 3. The van der Waals surface area contributed by atoms with Gasteiger partial charge in [0, 0.05) is 31.3 Å². The number of hydrogen-bond donors (Lipinski definition) is 2. The molecule has 2 N–H and O–H groups in total. The number of aromatic nitrogens is 4. The van der Waals surface area contributed by atoms with Crippen molar-refractivity contribution >= 4 is 28.7 Å². The summed E-state index contributed by atoms with van der Waals surface area (Å²) in [5, 5.41) is 17.1. The molecule has 0 saturated carbocycles. The van der Waals surface area contributed by atoms with Crippen molar-refractivity contribution in [2.75, 3.05) is 18.8 Å². The molecule has 0 bridgehead atoms. The van der Waals surface area contributed by atoms with Gasteiger partial charge in [0.1, 0.15) is 0 Å². The van der Waals surface area contributed by atoms with Gasteiger partial charge in [-0.3, -0.25) is 14.4 Å². The molecule has 2 amide bonds. The standard InChI is InChI=1S/C33H38N6O3S/c1-3-4-10-19-39(31(41)21-34-33(42)28(23-43-24(2)40)20-25-11-6-5-7-12-25)22-26-15-17-27(18-16-26)29-13-8-9-14-30(29)32-35-37-38-36-32/h5-9,11-18,28H,3-4,10,19-23H2,1-2H3,(H,34,42)(H,35,36,37,38). The van der Waals surface area contributed by atoms with E-state index in [1.807, 2.05) is 83.8 Å². The van der Waals surface area contributed by atoms with Crippen LogP contribution in [0.2, 0.25) is 0 Å². The third kappa shape index (κ3) is 9.61. The second-order valence-corrected chi connectivity index (χ2v) is 11.6. The van der Waals surface area contributed by atoms with E-state index in [2.05, 4.69) is 32.9 Å². The molecule has 0 aliphatic rings. The number of aromatic amines is 1. The number of carbonyl (C=O) groups is 3. The van der Waals surface area contributed by atoms with Gasteiger partial charge in [0.05, 0.1) is 12.5 Å². The van der Waals surface area contributed by atoms with E-state index in [1.54, 1.807) is 0 Å². The largest absolute Gasteiger partial charge is 0.347 e. The van der Waals surface area contributed by atoms with Gasteiger partial charge in [-0.05, 0) is 45.5 Å². The van der Waals surface area contributed by atoms with Crippen LogP contribution in [0.3, 0.4) is 0 Å². The summed E-state index contributed by atoms with van der Waals surface area (Å²) in [5.41, 5.74) is 4.93. The SMILES string of the molecule is CCCCCN(Cc1ccc(-c2ccccc2-c2nnn[nH]2)cc1)C(=O)CNC(=O)C(CSC(C)=O)Cc1ccccc1. The lowest BCUT2D eigenvalue weighted by Crippen LogP contribution is -2.43. The Morgan fingerprint density at radius 2 is 1.63 bits per heavy atom. The lowest BCUT2D eigenvalue weighted by Gasteiger charge is -2.24. The number of unbranched alkanes of at least 4 members (excludes halogenated alkanes) is 2. The Labute approximate surface area is 256 Å². The highest BCUT2D eigenvalue weighted by molar-refractivity contribution is 8.13. The van der Waals surface area contributed by atoms with Gasteiger partial charge in [-0.25, -0.2) is 5.10 Å². The Morgan fingerprint density at radius 3 is 2.30 bits per heavy atom. The molecule has 9 nitrogen and oxygen atoms in total. The predicted molar refractivity (Wildman–Crippen MR) is 170 cm³/mol. The van der Waals surface area contributed by atoms with Crippen molar-refractivity contribution in [1.29, 1.82) is 0 Å². The summed E-state index contributed by atoms with van der Waals surface area (Å²) in [6.07, 6.45) is 3.45. The number of H-pyrrole nitrogens is 1. The van der Waals surface area contributed by atoms with Gasteiger partial charge in [-0.2, -0.15) is 0 Å². The van der Waals surface area contributed by atoms with Gasteiger partial charge < -0.3 is 10.2 Å². The Hall–Kier alpha value is -4.31. The van der Waals surface area contributed by atoms with E-state index >= 15 is 0 Å². The maximum absolute atomic E-state index is 13.4. The summed E-state index contributed by atoms with van der Waals surface area (Å²) < 4.78 is 0. The zero-order valence-corrected chi connectivity index (χ0v) is 25.5. The zero-order valence-electron chi connectivity index (χ0n) is 24.7. The molecule has 4 aromatic rings. The van der Waals surface area contributed by atoms with Crippen LogP contribution in [-0.4, -0.2) is 61.3 Å². The van der Waals surface area contributed by atoms with Gasteiger partial charge in [-0.15, -0.1) is 5.10 Å². The minimum atomic E-state index is -0.416. The number of rotatable bonds is 15. The average molecular weight is 599 g/mol. The van der Waals surface area contributed by atoms with E-state index in [0.717, 1.165) is 58.8 Å². The molecule has 1 unspecified atom stereocenters.